The molecule has 0 saturated carbocycles. The molecule has 0 aliphatic carbocycles. The first-order valence-corrected chi connectivity index (χ1v) is 7.10. The van der Waals surface area contributed by atoms with Gasteiger partial charge in [0.2, 0.25) is 5.91 Å². The number of benzene rings is 1. The average Bonchev–Trinajstić information content (AvgIpc) is 2.86. The summed E-state index contributed by atoms with van der Waals surface area (Å²) >= 11 is 0. The Morgan fingerprint density at radius 2 is 2.25 bits per heavy atom. The molecule has 1 aromatic rings. The highest BCUT2D eigenvalue weighted by atomic mass is 19.1. The molecule has 4 nitrogen and oxygen atoms in total. The summed E-state index contributed by atoms with van der Waals surface area (Å²) in [7, 11) is 0. The maximum absolute atomic E-state index is 13.5. The standard InChI is InChI=1S/C15H21FN2O2/c16-13-7-1-2-8-14(13)17-15(20)11-18-9-3-5-12(18)6-4-10-19/h1-2,7-8,12,19H,3-6,9-11H2,(H,17,20). The van der Waals surface area contributed by atoms with Gasteiger partial charge in [0.25, 0.3) is 0 Å². The minimum Gasteiger partial charge on any atom is -0.396 e. The van der Waals surface area contributed by atoms with Gasteiger partial charge in [-0.25, -0.2) is 4.39 Å². The van der Waals surface area contributed by atoms with E-state index in [1.807, 2.05) is 0 Å². The lowest BCUT2D eigenvalue weighted by Gasteiger charge is -2.23. The van der Waals surface area contributed by atoms with Crippen LogP contribution in [0.4, 0.5) is 10.1 Å². The number of aliphatic hydroxyl groups excluding tert-OH is 1. The van der Waals surface area contributed by atoms with Crippen LogP contribution in [0.2, 0.25) is 0 Å². The number of rotatable bonds is 6. The van der Waals surface area contributed by atoms with Crippen molar-refractivity contribution in [1.29, 1.82) is 0 Å². The molecule has 1 amide bonds. The second-order valence-corrected chi connectivity index (χ2v) is 5.16. The largest absolute Gasteiger partial charge is 0.396 e. The van der Waals surface area contributed by atoms with Gasteiger partial charge in [0.15, 0.2) is 0 Å². The second kappa shape index (κ2) is 7.36. The van der Waals surface area contributed by atoms with Crippen LogP contribution in [0.1, 0.15) is 25.7 Å². The molecule has 1 fully saturated rings. The van der Waals surface area contributed by atoms with Crippen molar-refractivity contribution >= 4 is 11.6 Å². The van der Waals surface area contributed by atoms with Crippen LogP contribution < -0.4 is 5.32 Å². The maximum Gasteiger partial charge on any atom is 0.238 e. The van der Waals surface area contributed by atoms with Gasteiger partial charge in [-0.3, -0.25) is 9.69 Å². The third-order valence-electron chi connectivity index (χ3n) is 3.69. The lowest BCUT2D eigenvalue weighted by atomic mass is 10.1. The molecule has 1 aromatic carbocycles. The van der Waals surface area contributed by atoms with Crippen LogP contribution in [0.5, 0.6) is 0 Å². The molecule has 1 heterocycles. The number of amides is 1. The lowest BCUT2D eigenvalue weighted by Crippen LogP contribution is -2.37. The quantitative estimate of drug-likeness (QED) is 0.838. The smallest absolute Gasteiger partial charge is 0.238 e. The van der Waals surface area contributed by atoms with E-state index < -0.39 is 5.82 Å². The third-order valence-corrected chi connectivity index (χ3v) is 3.69. The first-order valence-electron chi connectivity index (χ1n) is 7.10. The van der Waals surface area contributed by atoms with Crippen molar-refractivity contribution in [3.05, 3.63) is 30.1 Å². The third kappa shape index (κ3) is 4.02. The van der Waals surface area contributed by atoms with E-state index >= 15 is 0 Å². The van der Waals surface area contributed by atoms with E-state index in [1.165, 1.54) is 6.07 Å². The van der Waals surface area contributed by atoms with E-state index in [0.717, 1.165) is 32.2 Å². The van der Waals surface area contributed by atoms with Gasteiger partial charge in [0.1, 0.15) is 5.82 Å². The van der Waals surface area contributed by atoms with Crippen LogP contribution in [0.15, 0.2) is 24.3 Å². The van der Waals surface area contributed by atoms with Crippen molar-refractivity contribution in [2.75, 3.05) is 25.0 Å². The highest BCUT2D eigenvalue weighted by molar-refractivity contribution is 5.92. The van der Waals surface area contributed by atoms with Gasteiger partial charge in [0.05, 0.1) is 12.2 Å². The minimum atomic E-state index is -0.417. The molecule has 5 heteroatoms. The van der Waals surface area contributed by atoms with Crippen LogP contribution in [0, 0.1) is 5.82 Å². The summed E-state index contributed by atoms with van der Waals surface area (Å²) in [5.41, 5.74) is 0.226. The monoisotopic (exact) mass is 280 g/mol. The van der Waals surface area contributed by atoms with Crippen LogP contribution >= 0.6 is 0 Å². The van der Waals surface area contributed by atoms with Crippen molar-refractivity contribution in [3.63, 3.8) is 0 Å². The zero-order valence-corrected chi connectivity index (χ0v) is 11.5. The summed E-state index contributed by atoms with van der Waals surface area (Å²) in [6.07, 6.45) is 3.80. The fourth-order valence-electron chi connectivity index (χ4n) is 2.69. The number of para-hydroxylation sites is 1. The first kappa shape index (κ1) is 14.9. The highest BCUT2D eigenvalue weighted by Crippen LogP contribution is 2.21. The number of carbonyl (C=O) groups excluding carboxylic acids is 1. The molecule has 0 bridgehead atoms. The molecule has 0 spiro atoms. The molecule has 0 aromatic heterocycles. The molecule has 20 heavy (non-hydrogen) atoms. The molecule has 1 aliphatic heterocycles. The van der Waals surface area contributed by atoms with Gasteiger partial charge < -0.3 is 10.4 Å². The molecule has 2 rings (SSSR count). The zero-order valence-electron chi connectivity index (χ0n) is 11.5. The Kier molecular flexibility index (Phi) is 5.49. The Morgan fingerprint density at radius 1 is 1.45 bits per heavy atom. The van der Waals surface area contributed by atoms with Gasteiger partial charge >= 0.3 is 0 Å². The van der Waals surface area contributed by atoms with Crippen LogP contribution in [-0.4, -0.2) is 41.7 Å². The Balaban J connectivity index is 1.86. The van der Waals surface area contributed by atoms with E-state index in [2.05, 4.69) is 10.2 Å². The highest BCUT2D eigenvalue weighted by Gasteiger charge is 2.25. The lowest BCUT2D eigenvalue weighted by molar-refractivity contribution is -0.117. The number of carbonyl (C=O) groups is 1. The number of hydrogen-bond donors (Lipinski definition) is 2. The van der Waals surface area contributed by atoms with Crippen LogP contribution in [0.25, 0.3) is 0 Å². The van der Waals surface area contributed by atoms with Crippen molar-refractivity contribution in [1.82, 2.24) is 4.90 Å². The Morgan fingerprint density at radius 3 is 3.00 bits per heavy atom. The number of nitrogens with one attached hydrogen (secondary N) is 1. The summed E-state index contributed by atoms with van der Waals surface area (Å²) < 4.78 is 13.5. The molecule has 0 radical (unpaired) electrons. The van der Waals surface area contributed by atoms with E-state index in [1.54, 1.807) is 18.2 Å². The van der Waals surface area contributed by atoms with E-state index in [9.17, 15) is 9.18 Å². The number of likely N-dealkylation sites (tertiary alicyclic amines) is 1. The fraction of sp³-hybridized carbons (Fsp3) is 0.533. The molecule has 1 unspecified atom stereocenters. The summed E-state index contributed by atoms with van der Waals surface area (Å²) in [5.74, 6) is -0.606. The number of aliphatic hydroxyl groups is 1. The van der Waals surface area contributed by atoms with E-state index in [-0.39, 0.29) is 24.7 Å². The predicted octanol–water partition coefficient (Wildman–Crippen LogP) is 2.00. The van der Waals surface area contributed by atoms with Gasteiger partial charge in [-0.15, -0.1) is 0 Å². The van der Waals surface area contributed by atoms with Gasteiger partial charge in [-0.05, 0) is 44.4 Å². The van der Waals surface area contributed by atoms with Crippen molar-refractivity contribution in [2.45, 2.75) is 31.7 Å². The second-order valence-electron chi connectivity index (χ2n) is 5.16. The first-order chi connectivity index (χ1) is 9.70. The average molecular weight is 280 g/mol. The fourth-order valence-corrected chi connectivity index (χ4v) is 2.69. The minimum absolute atomic E-state index is 0.186. The number of nitrogens with zero attached hydrogens (tertiary/aromatic N) is 1. The molecule has 2 N–H and O–H groups in total. The number of anilines is 1. The van der Waals surface area contributed by atoms with E-state index in [4.69, 9.17) is 5.11 Å². The maximum atomic E-state index is 13.5. The summed E-state index contributed by atoms with van der Waals surface area (Å²) in [6.45, 7) is 1.36. The summed E-state index contributed by atoms with van der Waals surface area (Å²) in [6, 6.07) is 6.53. The molecular weight excluding hydrogens is 259 g/mol. The molecule has 1 saturated heterocycles. The number of halogens is 1. The number of hydrogen-bond acceptors (Lipinski definition) is 3. The Labute approximate surface area is 118 Å². The summed E-state index contributed by atoms with van der Waals surface area (Å²) in [4.78, 5) is 14.1. The molecule has 110 valence electrons. The molecular formula is C15H21FN2O2. The van der Waals surface area contributed by atoms with Gasteiger partial charge in [0, 0.05) is 12.6 Å². The van der Waals surface area contributed by atoms with Gasteiger partial charge in [-0.1, -0.05) is 12.1 Å². The normalized spacial score (nSPS) is 19.2. The van der Waals surface area contributed by atoms with Crippen molar-refractivity contribution in [3.8, 4) is 0 Å². The van der Waals surface area contributed by atoms with Gasteiger partial charge in [-0.2, -0.15) is 0 Å². The SMILES string of the molecule is O=C(CN1CCCC1CCCO)Nc1ccccc1F. The molecule has 1 atom stereocenters. The topological polar surface area (TPSA) is 52.6 Å². The Bertz CT molecular complexity index is 453. The van der Waals surface area contributed by atoms with E-state index in [0.29, 0.717) is 6.04 Å². The van der Waals surface area contributed by atoms with Crippen LogP contribution in [-0.2, 0) is 4.79 Å². The zero-order chi connectivity index (χ0) is 14.4. The molecule has 1 aliphatic rings. The van der Waals surface area contributed by atoms with Crippen molar-refractivity contribution in [2.24, 2.45) is 0 Å². The van der Waals surface area contributed by atoms with Crippen molar-refractivity contribution < 1.29 is 14.3 Å². The summed E-state index contributed by atoms with van der Waals surface area (Å²) in [5, 5.41) is 11.5. The van der Waals surface area contributed by atoms with Crippen LogP contribution in [0.3, 0.4) is 0 Å². The Hall–Kier alpha value is -1.46. The predicted molar refractivity (Wildman–Crippen MR) is 75.9 cm³/mol.